The van der Waals surface area contributed by atoms with Gasteiger partial charge in [-0.1, -0.05) is 37.8 Å². The molecule has 1 aromatic carbocycles. The molecule has 176 valence electrons. The number of carbonyl (C=O) groups excluding carboxylic acids is 1. The number of benzene rings is 1. The smallest absolute Gasteiger partial charge is 0.269 e. The third-order valence-electron chi connectivity index (χ3n) is 6.48. The summed E-state index contributed by atoms with van der Waals surface area (Å²) in [6.45, 7) is 8.63. The van der Waals surface area contributed by atoms with E-state index in [1.165, 1.54) is 12.4 Å². The van der Waals surface area contributed by atoms with Crippen LogP contribution in [0.2, 0.25) is 0 Å². The van der Waals surface area contributed by atoms with Gasteiger partial charge >= 0.3 is 0 Å². The fraction of sp³-hybridized carbons (Fsp3) is 0.222. The lowest BCUT2D eigenvalue weighted by atomic mass is 9.95. The van der Waals surface area contributed by atoms with Crippen molar-refractivity contribution in [3.05, 3.63) is 67.3 Å². The number of allylic oxidation sites excluding steroid dienone is 1. The number of nitrogens with two attached hydrogens (primary N) is 1. The number of nitrogens with zero attached hydrogens (tertiary/aromatic N) is 6. The zero-order valence-electron chi connectivity index (χ0n) is 19.8. The van der Waals surface area contributed by atoms with Crippen LogP contribution in [0.4, 0.5) is 5.82 Å². The molecule has 8 nitrogen and oxygen atoms in total. The Morgan fingerprint density at radius 3 is 2.97 bits per heavy atom. The molecular weight excluding hydrogens is 438 g/mol. The number of para-hydroxylation sites is 1. The van der Waals surface area contributed by atoms with Gasteiger partial charge in [0.1, 0.15) is 17.8 Å². The summed E-state index contributed by atoms with van der Waals surface area (Å²) in [5.41, 5.74) is 11.6. The Labute approximate surface area is 203 Å². The molecule has 4 heterocycles. The minimum atomic E-state index is -0.283. The highest BCUT2D eigenvalue weighted by Gasteiger charge is 2.33. The first-order chi connectivity index (χ1) is 17.0. The van der Waals surface area contributed by atoms with Crippen molar-refractivity contribution in [3.63, 3.8) is 0 Å². The second kappa shape index (κ2) is 9.23. The molecule has 2 N–H and O–H groups in total. The molecular formula is C27H27N7O. The number of hydrogen-bond acceptors (Lipinski definition) is 6. The Hall–Kier alpha value is -4.17. The molecule has 1 aliphatic rings. The Morgan fingerprint density at radius 2 is 2.14 bits per heavy atom. The van der Waals surface area contributed by atoms with Gasteiger partial charge in [-0.3, -0.25) is 9.78 Å². The highest BCUT2D eigenvalue weighted by molar-refractivity contribution is 6.09. The van der Waals surface area contributed by atoms with E-state index in [9.17, 15) is 4.79 Å². The molecule has 0 radical (unpaired) electrons. The molecule has 0 spiro atoms. The zero-order chi connectivity index (χ0) is 24.5. The third-order valence-corrected chi connectivity index (χ3v) is 6.48. The second-order valence-electron chi connectivity index (χ2n) is 8.71. The molecule has 4 aromatic rings. The molecule has 1 unspecified atom stereocenters. The highest BCUT2D eigenvalue weighted by atomic mass is 16.1. The minimum Gasteiger partial charge on any atom is -0.383 e. The summed E-state index contributed by atoms with van der Waals surface area (Å²) in [7, 11) is 2.00. The van der Waals surface area contributed by atoms with Gasteiger partial charge in [-0.2, -0.15) is 0 Å². The first-order valence-electron chi connectivity index (χ1n) is 11.6. The number of nitrogen functional groups attached to an aromatic ring is 1. The topological polar surface area (TPSA) is 102 Å². The molecule has 8 heteroatoms. The molecule has 3 aromatic heterocycles. The monoisotopic (exact) mass is 465 g/mol. The predicted molar refractivity (Wildman–Crippen MR) is 141 cm³/mol. The standard InChI is InChI=1S/C27H27N7O/c1-4-33(3)11-7-10-22(35)30-14-20-15-34-25(17(20)2)23(24-26(28)31-16-32-27(24)34)19-12-18-8-5-6-9-21(18)29-13-19/h5-10,12-14,16,20H,2,4,11,15H2,1,3H3,(H2,28,31,32)/b10-7+,30-14?. The van der Waals surface area contributed by atoms with Gasteiger partial charge in [0.15, 0.2) is 0 Å². The van der Waals surface area contributed by atoms with Crippen molar-refractivity contribution in [2.75, 3.05) is 25.9 Å². The van der Waals surface area contributed by atoms with E-state index in [2.05, 4.69) is 49.0 Å². The predicted octanol–water partition coefficient (Wildman–Crippen LogP) is 3.98. The van der Waals surface area contributed by atoms with Crippen LogP contribution >= 0.6 is 0 Å². The summed E-state index contributed by atoms with van der Waals surface area (Å²) >= 11 is 0. The molecule has 0 saturated carbocycles. The van der Waals surface area contributed by atoms with Gasteiger partial charge in [-0.15, -0.1) is 0 Å². The quantitative estimate of drug-likeness (QED) is 0.341. The van der Waals surface area contributed by atoms with Crippen LogP contribution in [-0.4, -0.2) is 56.7 Å². The van der Waals surface area contributed by atoms with E-state index in [4.69, 9.17) is 5.73 Å². The number of pyridine rings is 1. The van der Waals surface area contributed by atoms with E-state index < -0.39 is 0 Å². The molecule has 1 amide bonds. The Bertz CT molecular complexity index is 1520. The number of carbonyl (C=O) groups is 1. The maximum Gasteiger partial charge on any atom is 0.269 e. The van der Waals surface area contributed by atoms with Crippen LogP contribution in [-0.2, 0) is 11.3 Å². The van der Waals surface area contributed by atoms with E-state index in [-0.39, 0.29) is 11.8 Å². The summed E-state index contributed by atoms with van der Waals surface area (Å²) in [5, 5.41) is 1.82. The highest BCUT2D eigenvalue weighted by Crippen LogP contribution is 2.45. The number of rotatable bonds is 6. The second-order valence-corrected chi connectivity index (χ2v) is 8.71. The molecule has 0 aliphatic carbocycles. The third kappa shape index (κ3) is 4.13. The number of aromatic nitrogens is 4. The van der Waals surface area contributed by atoms with Gasteiger partial charge < -0.3 is 15.2 Å². The Morgan fingerprint density at radius 1 is 1.31 bits per heavy atom. The first-order valence-corrected chi connectivity index (χ1v) is 11.6. The fourth-order valence-corrected chi connectivity index (χ4v) is 4.48. The van der Waals surface area contributed by atoms with Gasteiger partial charge in [0.2, 0.25) is 0 Å². The van der Waals surface area contributed by atoms with Gasteiger partial charge in [-0.25, -0.2) is 15.0 Å². The number of hydrogen-bond donors (Lipinski definition) is 1. The SMILES string of the molecule is C=C1c2c(-c3cnc4ccccc4c3)c3c(N)ncnc3n2CC1C=NC(=O)/C=C/CN(C)CC. The van der Waals surface area contributed by atoms with Gasteiger partial charge in [-0.05, 0) is 31.3 Å². The van der Waals surface area contributed by atoms with E-state index >= 15 is 0 Å². The first kappa shape index (κ1) is 22.6. The van der Waals surface area contributed by atoms with Crippen molar-refractivity contribution in [2.45, 2.75) is 13.5 Å². The van der Waals surface area contributed by atoms with Crippen LogP contribution in [0.1, 0.15) is 12.6 Å². The number of aliphatic imine (C=N–C) groups is 1. The van der Waals surface area contributed by atoms with Crippen LogP contribution in [0.15, 0.2) is 66.6 Å². The van der Waals surface area contributed by atoms with E-state index in [1.54, 1.807) is 6.21 Å². The Balaban J connectivity index is 1.52. The van der Waals surface area contributed by atoms with Gasteiger partial charge in [0.25, 0.3) is 5.91 Å². The van der Waals surface area contributed by atoms with Crippen LogP contribution in [0.25, 0.3) is 38.6 Å². The van der Waals surface area contributed by atoms with Crippen molar-refractivity contribution < 1.29 is 4.79 Å². The van der Waals surface area contributed by atoms with Crippen LogP contribution in [0, 0.1) is 5.92 Å². The van der Waals surface area contributed by atoms with Crippen molar-refractivity contribution in [1.82, 2.24) is 24.4 Å². The van der Waals surface area contributed by atoms with Crippen LogP contribution in [0.5, 0.6) is 0 Å². The maximum atomic E-state index is 12.3. The molecule has 35 heavy (non-hydrogen) atoms. The van der Waals surface area contributed by atoms with Gasteiger partial charge in [0, 0.05) is 54.0 Å². The number of anilines is 1. The normalized spacial score (nSPS) is 15.9. The van der Waals surface area contributed by atoms with E-state index in [0.717, 1.165) is 50.9 Å². The average molecular weight is 466 g/mol. The van der Waals surface area contributed by atoms with Crippen LogP contribution in [0.3, 0.4) is 0 Å². The Kier molecular flexibility index (Phi) is 5.96. The molecule has 1 atom stereocenters. The van der Waals surface area contributed by atoms with Crippen molar-refractivity contribution in [2.24, 2.45) is 10.9 Å². The molecule has 1 aliphatic heterocycles. The van der Waals surface area contributed by atoms with Crippen molar-refractivity contribution in [1.29, 1.82) is 0 Å². The lowest BCUT2D eigenvalue weighted by Gasteiger charge is -2.09. The summed E-state index contributed by atoms with van der Waals surface area (Å²) < 4.78 is 2.09. The molecule has 0 fully saturated rings. The summed E-state index contributed by atoms with van der Waals surface area (Å²) in [6.07, 6.45) is 8.34. The fourth-order valence-electron chi connectivity index (χ4n) is 4.48. The largest absolute Gasteiger partial charge is 0.383 e. The number of likely N-dealkylation sites (N-methyl/N-ethyl adjacent to an activating group) is 1. The number of fused-ring (bicyclic) bond motifs is 4. The maximum absolute atomic E-state index is 12.3. The number of amides is 1. The van der Waals surface area contributed by atoms with Crippen molar-refractivity contribution >= 4 is 45.4 Å². The van der Waals surface area contributed by atoms with Gasteiger partial charge in [0.05, 0.1) is 16.6 Å². The van der Waals surface area contributed by atoms with E-state index in [1.807, 2.05) is 43.6 Å². The van der Waals surface area contributed by atoms with Crippen molar-refractivity contribution in [3.8, 4) is 11.1 Å². The average Bonchev–Trinajstić information content (AvgIpc) is 3.37. The summed E-state index contributed by atoms with van der Waals surface area (Å²) in [5.74, 6) is -0.00174. The lowest BCUT2D eigenvalue weighted by molar-refractivity contribution is -0.113. The lowest BCUT2D eigenvalue weighted by Crippen LogP contribution is -2.17. The molecule has 0 saturated heterocycles. The zero-order valence-corrected chi connectivity index (χ0v) is 19.8. The molecule has 0 bridgehead atoms. The van der Waals surface area contributed by atoms with E-state index in [0.29, 0.717) is 18.9 Å². The summed E-state index contributed by atoms with van der Waals surface area (Å²) in [4.78, 5) is 32.0. The molecule has 5 rings (SSSR count). The minimum absolute atomic E-state index is 0.131. The summed E-state index contributed by atoms with van der Waals surface area (Å²) in [6, 6.07) is 10.1. The van der Waals surface area contributed by atoms with Crippen LogP contribution < -0.4 is 5.73 Å².